The predicted molar refractivity (Wildman–Crippen MR) is 130 cm³/mol. The number of hydrogen-bond acceptors (Lipinski definition) is 13. The van der Waals surface area contributed by atoms with Crippen molar-refractivity contribution < 1.29 is 33.5 Å². The number of fused-ring (bicyclic) bond motifs is 1. The zero-order valence-electron chi connectivity index (χ0n) is 17.8. The highest BCUT2D eigenvalue weighted by molar-refractivity contribution is 8.14. The van der Waals surface area contributed by atoms with E-state index in [9.17, 15) is 24.3 Å². The molecule has 1 fully saturated rings. The van der Waals surface area contributed by atoms with Gasteiger partial charge in [-0.2, -0.15) is 0 Å². The molecule has 0 aliphatic carbocycles. The molecule has 2 aliphatic heterocycles. The van der Waals surface area contributed by atoms with Gasteiger partial charge in [-0.25, -0.2) is 4.98 Å². The van der Waals surface area contributed by atoms with E-state index in [4.69, 9.17) is 15.0 Å². The van der Waals surface area contributed by atoms with Crippen LogP contribution in [0, 0.1) is 0 Å². The predicted octanol–water partition coefficient (Wildman–Crippen LogP) is 0.0681. The zero-order valence-corrected chi connectivity index (χ0v) is 21.1. The molecule has 0 spiro atoms. The van der Waals surface area contributed by atoms with Crippen LogP contribution >= 0.6 is 47.3 Å². The summed E-state index contributed by atoms with van der Waals surface area (Å²) >= 11 is 3.14. The number of carboxylic acids is 1. The molecule has 2 aromatic rings. The highest BCUT2D eigenvalue weighted by atomic mass is 35.5. The SMILES string of the molecule is CO/N=C(\C(=O)NC1C(=O)N2C(C(=O)[O-])=C(CSC(=O)c3ccco3)CSC12)c1cnc(N)s1.Cl. The van der Waals surface area contributed by atoms with Crippen molar-refractivity contribution in [3.63, 3.8) is 0 Å². The molecule has 0 radical (unpaired) electrons. The minimum Gasteiger partial charge on any atom is -0.543 e. The minimum atomic E-state index is -1.54. The van der Waals surface area contributed by atoms with E-state index in [0.717, 1.165) is 28.0 Å². The zero-order chi connectivity index (χ0) is 24.4. The summed E-state index contributed by atoms with van der Waals surface area (Å²) in [4.78, 5) is 59.6. The number of anilines is 1. The van der Waals surface area contributed by atoms with Crippen LogP contribution in [0.5, 0.6) is 0 Å². The average molecular weight is 559 g/mol. The first-order chi connectivity index (χ1) is 16.3. The molecule has 35 heavy (non-hydrogen) atoms. The molecule has 2 aliphatic rings. The number of hydrogen-bond donors (Lipinski definition) is 2. The number of carbonyl (C=O) groups is 4. The molecule has 2 unspecified atom stereocenters. The number of nitrogen functional groups attached to an aromatic ring is 1. The van der Waals surface area contributed by atoms with Gasteiger partial charge in [0.05, 0.1) is 22.8 Å². The van der Waals surface area contributed by atoms with Crippen molar-refractivity contribution in [1.29, 1.82) is 0 Å². The first-order valence-electron chi connectivity index (χ1n) is 9.54. The Hall–Kier alpha value is -3.01. The Morgan fingerprint density at radius 1 is 1.46 bits per heavy atom. The number of carbonyl (C=O) groups excluding carboxylic acids is 4. The van der Waals surface area contributed by atoms with Gasteiger partial charge in [0.25, 0.3) is 16.9 Å². The number of nitrogens with two attached hydrogens (primary N) is 1. The quantitative estimate of drug-likeness (QED) is 0.254. The van der Waals surface area contributed by atoms with Crippen LogP contribution in [0.25, 0.3) is 0 Å². The number of oxime groups is 1. The molecule has 4 rings (SSSR count). The maximum Gasteiger partial charge on any atom is 0.275 e. The van der Waals surface area contributed by atoms with Crippen LogP contribution < -0.4 is 16.2 Å². The van der Waals surface area contributed by atoms with Gasteiger partial charge in [-0.1, -0.05) is 28.3 Å². The number of amides is 2. The van der Waals surface area contributed by atoms with E-state index in [0.29, 0.717) is 10.5 Å². The number of thioether (sulfide) groups is 2. The first-order valence-corrected chi connectivity index (χ1v) is 12.4. The molecular weight excluding hydrogens is 542 g/mol. The Kier molecular flexibility index (Phi) is 8.47. The fourth-order valence-electron chi connectivity index (χ4n) is 3.30. The second-order valence-electron chi connectivity index (χ2n) is 6.84. The lowest BCUT2D eigenvalue weighted by Gasteiger charge is -2.50. The number of nitrogens with zero attached hydrogens (tertiary/aromatic N) is 3. The fourth-order valence-corrected chi connectivity index (χ4v) is 6.24. The van der Waals surface area contributed by atoms with E-state index in [1.54, 1.807) is 6.07 Å². The lowest BCUT2D eigenvalue weighted by Crippen LogP contribution is -2.71. The van der Waals surface area contributed by atoms with Gasteiger partial charge in [0.1, 0.15) is 18.5 Å². The number of rotatable bonds is 8. The van der Waals surface area contributed by atoms with E-state index in [1.165, 1.54) is 37.4 Å². The Morgan fingerprint density at radius 3 is 2.83 bits per heavy atom. The third-order valence-electron chi connectivity index (χ3n) is 4.78. The maximum atomic E-state index is 12.8. The van der Waals surface area contributed by atoms with Gasteiger partial charge in [-0.15, -0.1) is 24.2 Å². The molecule has 0 bridgehead atoms. The highest BCUT2D eigenvalue weighted by Crippen LogP contribution is 2.41. The monoisotopic (exact) mass is 558 g/mol. The van der Waals surface area contributed by atoms with Gasteiger partial charge >= 0.3 is 0 Å². The topological polar surface area (TPSA) is 180 Å². The van der Waals surface area contributed by atoms with Crippen molar-refractivity contribution in [3.05, 3.63) is 46.5 Å². The summed E-state index contributed by atoms with van der Waals surface area (Å²) < 4.78 is 5.04. The number of nitrogens with one attached hydrogen (secondary N) is 1. The van der Waals surface area contributed by atoms with Gasteiger partial charge in [-0.3, -0.25) is 19.3 Å². The standard InChI is InChI=1S/C19H17N5O7S3.ClH/c1-30-23-11(10-5-21-19(20)34-10)14(25)22-12-15(26)24-13(17(27)28)8(6-32-16(12)24)7-33-18(29)9-3-2-4-31-9;/h2-5,12,16H,6-7H2,1H3,(H2,20,21)(H,22,25)(H,27,28);1H/p-1/b23-11-;. The van der Waals surface area contributed by atoms with Crippen LogP contribution in [0.2, 0.25) is 0 Å². The summed E-state index contributed by atoms with van der Waals surface area (Å²) in [5.74, 6) is -2.45. The summed E-state index contributed by atoms with van der Waals surface area (Å²) in [6.45, 7) is 0. The molecule has 0 aromatic carbocycles. The molecule has 16 heteroatoms. The third-order valence-corrected chi connectivity index (χ3v) is 7.91. The summed E-state index contributed by atoms with van der Waals surface area (Å²) in [6, 6.07) is 2.09. The smallest absolute Gasteiger partial charge is 0.275 e. The average Bonchev–Trinajstić information content (AvgIpc) is 3.50. The number of β-lactam (4-membered cyclic amide) rings is 1. The van der Waals surface area contributed by atoms with Crippen LogP contribution in [-0.4, -0.2) is 68.5 Å². The molecule has 4 heterocycles. The van der Waals surface area contributed by atoms with Gasteiger partial charge in [0, 0.05) is 17.7 Å². The number of aromatic nitrogens is 1. The Balaban J connectivity index is 0.00000342. The molecule has 2 amide bonds. The first kappa shape index (κ1) is 26.6. The molecule has 1 saturated heterocycles. The van der Waals surface area contributed by atoms with Crippen LogP contribution in [0.1, 0.15) is 15.4 Å². The van der Waals surface area contributed by atoms with Crippen molar-refractivity contribution in [2.75, 3.05) is 24.3 Å². The van der Waals surface area contributed by atoms with Gasteiger partial charge in [-0.05, 0) is 17.7 Å². The molecule has 2 aromatic heterocycles. The van der Waals surface area contributed by atoms with E-state index < -0.39 is 29.2 Å². The Bertz CT molecular complexity index is 1210. The number of thiazole rings is 1. The molecule has 3 N–H and O–H groups in total. The molecule has 12 nitrogen and oxygen atoms in total. The highest BCUT2D eigenvalue weighted by Gasteiger charge is 2.53. The molecule has 0 saturated carbocycles. The van der Waals surface area contributed by atoms with Crippen molar-refractivity contribution in [2.45, 2.75) is 11.4 Å². The number of furan rings is 1. The van der Waals surface area contributed by atoms with Crippen molar-refractivity contribution >= 4 is 81.0 Å². The van der Waals surface area contributed by atoms with Gasteiger partial charge in [0.15, 0.2) is 16.6 Å². The van der Waals surface area contributed by atoms with E-state index in [-0.39, 0.29) is 51.3 Å². The maximum absolute atomic E-state index is 12.8. The fraction of sp³-hybridized carbons (Fsp3) is 0.263. The largest absolute Gasteiger partial charge is 0.543 e. The number of carboxylic acid groups (broad SMARTS) is 1. The number of aliphatic carboxylic acids is 1. The lowest BCUT2D eigenvalue weighted by molar-refractivity contribution is -0.301. The van der Waals surface area contributed by atoms with Crippen LogP contribution in [0.15, 0.2) is 45.4 Å². The van der Waals surface area contributed by atoms with Gasteiger partial charge < -0.3 is 30.2 Å². The molecular formula is C19H17ClN5O7S3-. The van der Waals surface area contributed by atoms with Crippen LogP contribution in [0.3, 0.4) is 0 Å². The normalized spacial score (nSPS) is 19.4. The summed E-state index contributed by atoms with van der Waals surface area (Å²) in [7, 11) is 1.26. The van der Waals surface area contributed by atoms with Gasteiger partial charge in [0.2, 0.25) is 0 Å². The van der Waals surface area contributed by atoms with Crippen LogP contribution in [0.4, 0.5) is 5.13 Å². The number of halogens is 1. The second-order valence-corrected chi connectivity index (χ2v) is 9.95. The Morgan fingerprint density at radius 2 is 2.23 bits per heavy atom. The Labute approximate surface area is 216 Å². The van der Waals surface area contributed by atoms with Crippen molar-refractivity contribution in [1.82, 2.24) is 15.2 Å². The molecule has 186 valence electrons. The summed E-state index contributed by atoms with van der Waals surface area (Å²) in [5, 5.41) is 17.3. The van der Waals surface area contributed by atoms with E-state index in [1.807, 2.05) is 0 Å². The van der Waals surface area contributed by atoms with Crippen molar-refractivity contribution in [2.24, 2.45) is 5.16 Å². The lowest BCUT2D eigenvalue weighted by atomic mass is 10.0. The van der Waals surface area contributed by atoms with E-state index >= 15 is 0 Å². The molecule has 2 atom stereocenters. The third kappa shape index (κ3) is 5.32. The minimum absolute atomic E-state index is 0. The summed E-state index contributed by atoms with van der Waals surface area (Å²) in [6.07, 6.45) is 2.72. The van der Waals surface area contributed by atoms with Crippen LogP contribution in [-0.2, 0) is 19.2 Å². The second kappa shape index (κ2) is 11.2. The van der Waals surface area contributed by atoms with Crippen molar-refractivity contribution in [3.8, 4) is 0 Å². The van der Waals surface area contributed by atoms with E-state index in [2.05, 4.69) is 15.5 Å². The summed E-state index contributed by atoms with van der Waals surface area (Å²) in [5.41, 5.74) is 5.57.